The minimum atomic E-state index is -1.61. The van der Waals surface area contributed by atoms with Gasteiger partial charge in [0.05, 0.1) is 18.8 Å². The van der Waals surface area contributed by atoms with Crippen molar-refractivity contribution in [3.05, 3.63) is 32.2 Å². The van der Waals surface area contributed by atoms with E-state index in [0.717, 1.165) is 0 Å². The van der Waals surface area contributed by atoms with E-state index in [9.17, 15) is 24.9 Å². The second-order valence-electron chi connectivity index (χ2n) is 5.24. The SMILES string of the molecule is Cc1nc2c(=O)[nH]c(=O)nc-2n(CC(O)C(O)C(O)CO)c1C. The highest BCUT2D eigenvalue weighted by molar-refractivity contribution is 5.50. The zero-order valence-corrected chi connectivity index (χ0v) is 12.6. The molecule has 2 heterocycles. The monoisotopic (exact) mass is 326 g/mol. The number of nitrogens with zero attached hydrogens (tertiary/aromatic N) is 3. The van der Waals surface area contributed by atoms with Crippen molar-refractivity contribution in [3.8, 4) is 11.5 Å². The standard InChI is InChI=1S/C13H18N4O6/c1-5-6(2)17(3-7(19)10(21)8(20)4-18)11-9(14-5)12(22)16-13(23)15-11/h7-8,10,18-21H,3-4H2,1-2H3,(H,16,22,23). The summed E-state index contributed by atoms with van der Waals surface area (Å²) in [5, 5.41) is 38.0. The Labute approximate surface area is 130 Å². The lowest BCUT2D eigenvalue weighted by Gasteiger charge is -2.25. The highest BCUT2D eigenvalue weighted by atomic mass is 16.4. The molecule has 0 aromatic rings. The van der Waals surface area contributed by atoms with Gasteiger partial charge in [-0.25, -0.2) is 9.78 Å². The van der Waals surface area contributed by atoms with Crippen LogP contribution in [0.3, 0.4) is 0 Å². The predicted molar refractivity (Wildman–Crippen MR) is 78.1 cm³/mol. The highest BCUT2D eigenvalue weighted by Crippen LogP contribution is 2.18. The molecule has 23 heavy (non-hydrogen) atoms. The molecule has 0 spiro atoms. The van der Waals surface area contributed by atoms with Gasteiger partial charge < -0.3 is 25.0 Å². The van der Waals surface area contributed by atoms with E-state index in [0.29, 0.717) is 11.4 Å². The van der Waals surface area contributed by atoms with Crippen molar-refractivity contribution in [1.29, 1.82) is 0 Å². The number of H-pyrrole nitrogens is 1. The first-order valence-corrected chi connectivity index (χ1v) is 6.89. The molecule has 126 valence electrons. The van der Waals surface area contributed by atoms with E-state index in [1.807, 2.05) is 4.98 Å². The Kier molecular flexibility index (Phi) is 4.90. The first kappa shape index (κ1) is 17.2. The van der Waals surface area contributed by atoms with E-state index in [4.69, 9.17) is 5.11 Å². The van der Waals surface area contributed by atoms with E-state index in [2.05, 4.69) is 9.97 Å². The summed E-state index contributed by atoms with van der Waals surface area (Å²) < 4.78 is 1.37. The zero-order valence-electron chi connectivity index (χ0n) is 12.6. The maximum absolute atomic E-state index is 11.8. The highest BCUT2D eigenvalue weighted by Gasteiger charge is 2.27. The zero-order chi connectivity index (χ0) is 17.3. The summed E-state index contributed by atoms with van der Waals surface area (Å²) in [6.45, 7) is 2.32. The van der Waals surface area contributed by atoms with E-state index < -0.39 is 36.2 Å². The van der Waals surface area contributed by atoms with E-state index >= 15 is 0 Å². The van der Waals surface area contributed by atoms with Gasteiger partial charge in [0.25, 0.3) is 5.56 Å². The molecule has 10 heteroatoms. The number of hydrogen-bond acceptors (Lipinski definition) is 8. The summed E-state index contributed by atoms with van der Waals surface area (Å²) in [5.74, 6) is -0.0356. The molecule has 0 amide bonds. The Balaban J connectivity index is 2.53. The molecule has 3 atom stereocenters. The molecule has 2 aliphatic heterocycles. The van der Waals surface area contributed by atoms with Crippen molar-refractivity contribution in [3.63, 3.8) is 0 Å². The van der Waals surface area contributed by atoms with Crippen molar-refractivity contribution < 1.29 is 20.4 Å². The molecule has 0 saturated heterocycles. The molecule has 2 rings (SSSR count). The number of nitrogens with one attached hydrogen (secondary N) is 1. The Morgan fingerprint density at radius 3 is 2.39 bits per heavy atom. The van der Waals surface area contributed by atoms with E-state index in [1.165, 1.54) is 4.57 Å². The van der Waals surface area contributed by atoms with Gasteiger partial charge in [0.2, 0.25) is 0 Å². The summed E-state index contributed by atoms with van der Waals surface area (Å²) in [6, 6.07) is 0. The third-order valence-corrected chi connectivity index (χ3v) is 3.66. The average molecular weight is 326 g/mol. The first-order valence-electron chi connectivity index (χ1n) is 6.89. The molecule has 0 saturated carbocycles. The number of aliphatic hydroxyl groups is 4. The van der Waals surface area contributed by atoms with Crippen molar-refractivity contribution in [2.24, 2.45) is 0 Å². The number of aryl methyl sites for hydroxylation is 1. The number of rotatable bonds is 5. The van der Waals surface area contributed by atoms with Gasteiger partial charge in [-0.2, -0.15) is 4.98 Å². The lowest BCUT2D eigenvalue weighted by Crippen LogP contribution is -2.42. The molecule has 2 aliphatic rings. The molecule has 0 bridgehead atoms. The Morgan fingerprint density at radius 2 is 1.78 bits per heavy atom. The summed E-state index contributed by atoms with van der Waals surface area (Å²) in [4.78, 5) is 33.1. The normalized spacial score (nSPS) is 15.6. The summed E-state index contributed by atoms with van der Waals surface area (Å²) in [6.07, 6.45) is -4.59. The number of aromatic amines is 1. The smallest absolute Gasteiger partial charge is 0.349 e. The average Bonchev–Trinajstić information content (AvgIpc) is 2.51. The molecule has 0 aromatic heterocycles. The molecular weight excluding hydrogens is 308 g/mol. The fraction of sp³-hybridized carbons (Fsp3) is 0.538. The second kappa shape index (κ2) is 6.54. The van der Waals surface area contributed by atoms with E-state index in [1.54, 1.807) is 13.8 Å². The maximum atomic E-state index is 11.8. The fourth-order valence-corrected chi connectivity index (χ4v) is 2.21. The topological polar surface area (TPSA) is 162 Å². The molecule has 0 aromatic carbocycles. The third-order valence-electron chi connectivity index (χ3n) is 3.66. The van der Waals surface area contributed by atoms with Crippen LogP contribution in [0.25, 0.3) is 11.5 Å². The lowest BCUT2D eigenvalue weighted by atomic mass is 10.1. The van der Waals surface area contributed by atoms with Crippen LogP contribution in [0.4, 0.5) is 0 Å². The van der Waals surface area contributed by atoms with Gasteiger partial charge in [0.1, 0.15) is 18.3 Å². The van der Waals surface area contributed by atoms with Gasteiger partial charge in [0, 0.05) is 5.69 Å². The van der Waals surface area contributed by atoms with Crippen LogP contribution in [0.15, 0.2) is 9.59 Å². The quantitative estimate of drug-likeness (QED) is 0.391. The van der Waals surface area contributed by atoms with Crippen molar-refractivity contribution in [1.82, 2.24) is 19.5 Å². The largest absolute Gasteiger partial charge is 0.394 e. The third kappa shape index (κ3) is 3.29. The van der Waals surface area contributed by atoms with Crippen LogP contribution in [0, 0.1) is 13.8 Å². The van der Waals surface area contributed by atoms with E-state index in [-0.39, 0.29) is 18.1 Å². The van der Waals surface area contributed by atoms with Crippen molar-refractivity contribution >= 4 is 0 Å². The second-order valence-corrected chi connectivity index (χ2v) is 5.24. The van der Waals surface area contributed by atoms with Gasteiger partial charge in [-0.3, -0.25) is 9.78 Å². The van der Waals surface area contributed by atoms with Gasteiger partial charge in [0.15, 0.2) is 11.5 Å². The van der Waals surface area contributed by atoms with Crippen molar-refractivity contribution in [2.45, 2.75) is 38.7 Å². The minimum absolute atomic E-state index is 0.0356. The maximum Gasteiger partial charge on any atom is 0.349 e. The molecule has 0 aliphatic carbocycles. The van der Waals surface area contributed by atoms with Crippen LogP contribution < -0.4 is 11.2 Å². The molecule has 3 unspecified atom stereocenters. The van der Waals surface area contributed by atoms with Gasteiger partial charge >= 0.3 is 5.69 Å². The van der Waals surface area contributed by atoms with Crippen LogP contribution in [-0.4, -0.2) is 64.9 Å². The molecule has 0 fully saturated rings. The Bertz CT molecular complexity index is 785. The number of hydrogen-bond donors (Lipinski definition) is 5. The molecule has 10 nitrogen and oxygen atoms in total. The van der Waals surface area contributed by atoms with Crippen LogP contribution in [-0.2, 0) is 6.54 Å². The Hall–Kier alpha value is -2.14. The molecular formula is C13H18N4O6. The lowest BCUT2D eigenvalue weighted by molar-refractivity contribution is -0.0807. The first-order chi connectivity index (χ1) is 10.8. The summed E-state index contributed by atoms with van der Waals surface area (Å²) in [7, 11) is 0. The van der Waals surface area contributed by atoms with Gasteiger partial charge in [-0.1, -0.05) is 0 Å². The molecule has 5 N–H and O–H groups in total. The number of fused-ring (bicyclic) bond motifs is 1. The van der Waals surface area contributed by atoms with Crippen LogP contribution >= 0.6 is 0 Å². The van der Waals surface area contributed by atoms with Crippen LogP contribution in [0.2, 0.25) is 0 Å². The number of aliphatic hydroxyl groups excluding tert-OH is 4. The fourth-order valence-electron chi connectivity index (χ4n) is 2.21. The van der Waals surface area contributed by atoms with Crippen molar-refractivity contribution in [2.75, 3.05) is 6.61 Å². The van der Waals surface area contributed by atoms with Gasteiger partial charge in [-0.05, 0) is 13.8 Å². The van der Waals surface area contributed by atoms with Crippen LogP contribution in [0.1, 0.15) is 11.4 Å². The summed E-state index contributed by atoms with van der Waals surface area (Å²) in [5.41, 5.74) is -0.626. The molecule has 0 radical (unpaired) electrons. The predicted octanol–water partition coefficient (Wildman–Crippen LogP) is -2.88. The minimum Gasteiger partial charge on any atom is -0.394 e. The Morgan fingerprint density at radius 1 is 1.13 bits per heavy atom. The number of aromatic nitrogens is 4. The summed E-state index contributed by atoms with van der Waals surface area (Å²) >= 11 is 0. The van der Waals surface area contributed by atoms with Crippen LogP contribution in [0.5, 0.6) is 0 Å². The van der Waals surface area contributed by atoms with Gasteiger partial charge in [-0.15, -0.1) is 0 Å².